The number of benzene rings is 8. The maximum Gasteiger partial charge on any atom is 0.0598 e. The Labute approximate surface area is 326 Å². The summed E-state index contributed by atoms with van der Waals surface area (Å²) in [5.74, 6) is 0. The number of rotatable bonds is 16. The van der Waals surface area contributed by atoms with Gasteiger partial charge in [0.25, 0.3) is 0 Å². The number of ether oxygens (including phenoxy) is 1. The van der Waals surface area contributed by atoms with E-state index in [-0.39, 0.29) is 12.1 Å². The Bertz CT molecular complexity index is 2120. The van der Waals surface area contributed by atoms with Gasteiger partial charge in [-0.3, -0.25) is 0 Å². The summed E-state index contributed by atoms with van der Waals surface area (Å²) < 4.78 is 6.53. The molecular formula is C52H48N2O. The van der Waals surface area contributed by atoms with E-state index >= 15 is 0 Å². The second-order valence-electron chi connectivity index (χ2n) is 14.1. The van der Waals surface area contributed by atoms with E-state index in [4.69, 9.17) is 4.74 Å². The number of hydrogen-bond acceptors (Lipinski definition) is 3. The number of fused-ring (bicyclic) bond motifs is 2. The molecule has 3 heteroatoms. The predicted molar refractivity (Wildman–Crippen MR) is 233 cm³/mol. The zero-order chi connectivity index (χ0) is 37.1. The molecule has 0 radical (unpaired) electrons. The number of para-hydroxylation sites is 4. The van der Waals surface area contributed by atoms with E-state index < -0.39 is 0 Å². The van der Waals surface area contributed by atoms with E-state index in [0.29, 0.717) is 13.2 Å². The molecule has 2 unspecified atom stereocenters. The van der Waals surface area contributed by atoms with Crippen LogP contribution >= 0.6 is 0 Å². The van der Waals surface area contributed by atoms with Crippen molar-refractivity contribution >= 4 is 44.3 Å². The monoisotopic (exact) mass is 716 g/mol. The maximum atomic E-state index is 6.53. The van der Waals surface area contributed by atoms with Gasteiger partial charge in [0.1, 0.15) is 0 Å². The molecule has 0 fully saturated rings. The van der Waals surface area contributed by atoms with Crippen molar-refractivity contribution in [2.75, 3.05) is 23.0 Å². The van der Waals surface area contributed by atoms with E-state index in [0.717, 1.165) is 25.7 Å². The van der Waals surface area contributed by atoms with Gasteiger partial charge in [-0.15, -0.1) is 0 Å². The summed E-state index contributed by atoms with van der Waals surface area (Å²) in [7, 11) is 0. The minimum Gasteiger partial charge on any atom is -0.381 e. The van der Waals surface area contributed by atoms with Gasteiger partial charge in [0, 0.05) is 36.0 Å². The highest BCUT2D eigenvalue weighted by Crippen LogP contribution is 2.42. The van der Waals surface area contributed by atoms with Crippen LogP contribution in [0.5, 0.6) is 0 Å². The summed E-state index contributed by atoms with van der Waals surface area (Å²) in [6.45, 7) is 1.41. The molecule has 0 N–H and O–H groups in total. The SMILES string of the molecule is c1ccc(N(c2ccccc2)C(CCCOCCCC(c2cccc3ccccc23)N(c2ccccc2)c2ccccc2)c2cccc3ccccc23)cc1. The van der Waals surface area contributed by atoms with Crippen LogP contribution in [0, 0.1) is 0 Å². The second kappa shape index (κ2) is 17.8. The second-order valence-corrected chi connectivity index (χ2v) is 14.1. The lowest BCUT2D eigenvalue weighted by Crippen LogP contribution is -2.25. The Kier molecular flexibility index (Phi) is 11.6. The molecule has 0 aromatic heterocycles. The van der Waals surface area contributed by atoms with Crippen molar-refractivity contribution < 1.29 is 4.74 Å². The van der Waals surface area contributed by atoms with Gasteiger partial charge < -0.3 is 14.5 Å². The summed E-state index contributed by atoms with van der Waals surface area (Å²) in [4.78, 5) is 5.02. The summed E-state index contributed by atoms with van der Waals surface area (Å²) in [6, 6.07) is 74.5. The van der Waals surface area contributed by atoms with E-state index in [1.807, 2.05) is 0 Å². The first-order valence-corrected chi connectivity index (χ1v) is 19.7. The first-order chi connectivity index (χ1) is 27.3. The van der Waals surface area contributed by atoms with Gasteiger partial charge in [0.05, 0.1) is 12.1 Å². The van der Waals surface area contributed by atoms with Gasteiger partial charge >= 0.3 is 0 Å². The Morgan fingerprint density at radius 1 is 0.327 bits per heavy atom. The van der Waals surface area contributed by atoms with Crippen molar-refractivity contribution in [1.82, 2.24) is 0 Å². The van der Waals surface area contributed by atoms with Gasteiger partial charge in [0.15, 0.2) is 0 Å². The Morgan fingerprint density at radius 3 is 1.00 bits per heavy atom. The zero-order valence-electron chi connectivity index (χ0n) is 31.3. The van der Waals surface area contributed by atoms with Gasteiger partial charge in [0.2, 0.25) is 0 Å². The third-order valence-electron chi connectivity index (χ3n) is 10.7. The fourth-order valence-electron chi connectivity index (χ4n) is 8.16. The van der Waals surface area contributed by atoms with Crippen LogP contribution in [-0.2, 0) is 4.74 Å². The van der Waals surface area contributed by atoms with E-state index in [1.165, 1.54) is 55.4 Å². The number of hydrogen-bond donors (Lipinski definition) is 0. The van der Waals surface area contributed by atoms with Gasteiger partial charge in [-0.25, -0.2) is 0 Å². The summed E-state index contributed by atoms with van der Waals surface area (Å²) >= 11 is 0. The quantitative estimate of drug-likeness (QED) is 0.0926. The van der Waals surface area contributed by atoms with Crippen molar-refractivity contribution in [3.63, 3.8) is 0 Å². The van der Waals surface area contributed by atoms with Crippen molar-refractivity contribution in [1.29, 1.82) is 0 Å². The van der Waals surface area contributed by atoms with Crippen LogP contribution in [0.25, 0.3) is 21.5 Å². The molecule has 0 spiro atoms. The molecule has 8 aromatic carbocycles. The minimum absolute atomic E-state index is 0.126. The molecule has 0 aliphatic carbocycles. The van der Waals surface area contributed by atoms with Crippen LogP contribution in [0.3, 0.4) is 0 Å². The molecule has 272 valence electrons. The van der Waals surface area contributed by atoms with Crippen molar-refractivity contribution in [3.8, 4) is 0 Å². The molecular weight excluding hydrogens is 669 g/mol. The molecule has 0 aliphatic heterocycles. The number of nitrogens with zero attached hydrogens (tertiary/aromatic N) is 2. The first-order valence-electron chi connectivity index (χ1n) is 19.7. The molecule has 55 heavy (non-hydrogen) atoms. The average Bonchev–Trinajstić information content (AvgIpc) is 3.26. The summed E-state index contributed by atoms with van der Waals surface area (Å²) in [5, 5.41) is 5.13. The molecule has 3 nitrogen and oxygen atoms in total. The normalized spacial score (nSPS) is 12.4. The fourth-order valence-corrected chi connectivity index (χ4v) is 8.16. The van der Waals surface area contributed by atoms with E-state index in [9.17, 15) is 0 Å². The standard InChI is InChI=1S/C52H48N2O/c1-5-25-43(26-6-1)53(44-27-7-2-8-28-44)51(49-35-17-23-41-21-13-15-33-47(41)49)37-19-39-55-40-20-38-52(50-36-18-24-42-22-14-16-34-48(42)50)54(45-29-9-3-10-30-45)46-31-11-4-12-32-46/h1-18,21-36,51-52H,19-20,37-40H2. The third kappa shape index (κ3) is 8.33. The molecule has 0 heterocycles. The molecule has 0 amide bonds. The highest BCUT2D eigenvalue weighted by molar-refractivity contribution is 5.88. The smallest absolute Gasteiger partial charge is 0.0598 e. The lowest BCUT2D eigenvalue weighted by Gasteiger charge is -2.35. The molecule has 8 rings (SSSR count). The average molecular weight is 717 g/mol. The maximum absolute atomic E-state index is 6.53. The van der Waals surface area contributed by atoms with Gasteiger partial charge in [-0.2, -0.15) is 0 Å². The van der Waals surface area contributed by atoms with Crippen molar-refractivity contribution in [2.45, 2.75) is 37.8 Å². The lowest BCUT2D eigenvalue weighted by atomic mass is 9.93. The molecule has 8 aromatic rings. The van der Waals surface area contributed by atoms with Crippen LogP contribution in [0.2, 0.25) is 0 Å². The van der Waals surface area contributed by atoms with Crippen LogP contribution in [0.1, 0.15) is 48.9 Å². The molecule has 2 atom stereocenters. The van der Waals surface area contributed by atoms with Crippen molar-refractivity contribution in [3.05, 3.63) is 217 Å². The Hall–Kier alpha value is -6.16. The van der Waals surface area contributed by atoms with Crippen LogP contribution in [0.4, 0.5) is 22.7 Å². The predicted octanol–water partition coefficient (Wildman–Crippen LogP) is 14.0. The number of anilines is 4. The minimum atomic E-state index is 0.126. The highest BCUT2D eigenvalue weighted by Gasteiger charge is 2.26. The molecule has 0 bridgehead atoms. The zero-order valence-corrected chi connectivity index (χ0v) is 31.3. The first kappa shape index (κ1) is 35.8. The Morgan fingerprint density at radius 2 is 0.636 bits per heavy atom. The van der Waals surface area contributed by atoms with E-state index in [2.05, 4.69) is 216 Å². The molecule has 0 aliphatic rings. The molecule has 0 saturated carbocycles. The van der Waals surface area contributed by atoms with Gasteiger partial charge in [-0.05, 0) is 107 Å². The van der Waals surface area contributed by atoms with Crippen LogP contribution < -0.4 is 9.80 Å². The largest absolute Gasteiger partial charge is 0.381 e. The van der Waals surface area contributed by atoms with Crippen LogP contribution in [-0.4, -0.2) is 13.2 Å². The highest BCUT2D eigenvalue weighted by atomic mass is 16.5. The lowest BCUT2D eigenvalue weighted by molar-refractivity contribution is 0.124. The summed E-state index contributed by atoms with van der Waals surface area (Å²) in [5.41, 5.74) is 7.43. The third-order valence-corrected chi connectivity index (χ3v) is 10.7. The fraction of sp³-hybridized carbons (Fsp3) is 0.154. The van der Waals surface area contributed by atoms with E-state index in [1.54, 1.807) is 0 Å². The van der Waals surface area contributed by atoms with Crippen molar-refractivity contribution in [2.24, 2.45) is 0 Å². The topological polar surface area (TPSA) is 15.7 Å². The van der Waals surface area contributed by atoms with Gasteiger partial charge in [-0.1, -0.05) is 158 Å². The summed E-state index contributed by atoms with van der Waals surface area (Å²) in [6.07, 6.45) is 3.78. The van der Waals surface area contributed by atoms with Crippen LogP contribution in [0.15, 0.2) is 206 Å². The Balaban J connectivity index is 1.02. The molecule has 0 saturated heterocycles.